The summed E-state index contributed by atoms with van der Waals surface area (Å²) in [5, 5.41) is -1.18. The van der Waals surface area contributed by atoms with Crippen LogP contribution in [0.3, 0.4) is 0 Å². The average molecular weight is 681 g/mol. The van der Waals surface area contributed by atoms with Crippen LogP contribution >= 0.6 is 11.8 Å². The third-order valence-corrected chi connectivity index (χ3v) is 7.83. The number of thioether (sulfide) groups is 1. The van der Waals surface area contributed by atoms with Crippen molar-refractivity contribution in [2.24, 2.45) is 5.92 Å². The summed E-state index contributed by atoms with van der Waals surface area (Å²) < 4.78 is 69.3. The molecule has 0 spiro atoms. The van der Waals surface area contributed by atoms with Gasteiger partial charge in [0.1, 0.15) is 17.8 Å². The van der Waals surface area contributed by atoms with E-state index in [1.807, 2.05) is 0 Å². The number of allylic oxidation sites excluding steroid dienone is 1. The maximum Gasteiger partial charge on any atom is 0.417 e. The summed E-state index contributed by atoms with van der Waals surface area (Å²) in [5.41, 5.74) is -2.75. The topological polar surface area (TPSA) is 114 Å². The van der Waals surface area contributed by atoms with Gasteiger partial charge in [0, 0.05) is 0 Å². The quantitative estimate of drug-likeness (QED) is 0.0787. The molecule has 2 unspecified atom stereocenters. The highest BCUT2D eigenvalue weighted by atomic mass is 32.2. The maximum absolute atomic E-state index is 14.4. The number of Topliss-reactive ketones (excluding diaryl/α,β-unsaturated/α-hetero) is 2. The molecule has 0 N–H and O–H groups in total. The van der Waals surface area contributed by atoms with Gasteiger partial charge in [-0.25, -0.2) is 9.59 Å². The van der Waals surface area contributed by atoms with Crippen molar-refractivity contribution in [2.45, 2.75) is 38.6 Å². The minimum Gasteiger partial charge on any atom is -0.493 e. The standard InChI is InChI=1S/C34H39F3O9S/c1-7-16-46-32(40)24(17-22-14-15-26(42-4)27(18-22)43-5)25(38)20-44-19-21(3)31(47-6)30(39)28(33(41)45-8-2)29(34(35,36)37)23-12-10-9-11-13-23/h9-15,17-18,21,31H,7-8,16,19-20H2,1-6H3. The molecule has 0 amide bonds. The van der Waals surface area contributed by atoms with E-state index >= 15 is 0 Å². The third kappa shape index (κ3) is 11.0. The van der Waals surface area contributed by atoms with Crippen molar-refractivity contribution in [3.63, 3.8) is 0 Å². The summed E-state index contributed by atoms with van der Waals surface area (Å²) in [6.07, 6.45) is -1.71. The van der Waals surface area contributed by atoms with E-state index in [1.165, 1.54) is 58.6 Å². The third-order valence-electron chi connectivity index (χ3n) is 6.64. The van der Waals surface area contributed by atoms with Gasteiger partial charge in [0.25, 0.3) is 0 Å². The van der Waals surface area contributed by atoms with Crippen molar-refractivity contribution in [2.75, 3.05) is 46.9 Å². The molecule has 0 aliphatic carbocycles. The maximum atomic E-state index is 14.4. The SMILES string of the molecule is CCCOC(=O)C(=Cc1ccc(OC)c(OC)c1)C(=O)COCC(C)C(SC)C(=O)C(C(=O)OCC)=C(c1ccccc1)C(F)(F)F. The second-order valence-corrected chi connectivity index (χ2v) is 11.1. The van der Waals surface area contributed by atoms with E-state index in [0.717, 1.165) is 23.9 Å². The highest BCUT2D eigenvalue weighted by Crippen LogP contribution is 2.39. The molecule has 0 fully saturated rings. The van der Waals surface area contributed by atoms with Gasteiger partial charge in [-0.1, -0.05) is 50.2 Å². The predicted octanol–water partition coefficient (Wildman–Crippen LogP) is 6.14. The van der Waals surface area contributed by atoms with Crippen LogP contribution in [0, 0.1) is 5.92 Å². The van der Waals surface area contributed by atoms with E-state index in [2.05, 4.69) is 0 Å². The fourth-order valence-corrected chi connectivity index (χ4v) is 5.34. The Hall–Kier alpha value is -4.10. The first-order valence-corrected chi connectivity index (χ1v) is 16.0. The number of methoxy groups -OCH3 is 2. The fraction of sp³-hybridized carbons (Fsp3) is 0.412. The van der Waals surface area contributed by atoms with E-state index in [-0.39, 0.29) is 31.0 Å². The molecular formula is C34H39F3O9S. The smallest absolute Gasteiger partial charge is 0.417 e. The van der Waals surface area contributed by atoms with Gasteiger partial charge in [-0.15, -0.1) is 0 Å². The number of alkyl halides is 3. The number of hydrogen-bond donors (Lipinski definition) is 0. The van der Waals surface area contributed by atoms with E-state index in [0.29, 0.717) is 23.5 Å². The Balaban J connectivity index is 2.36. The Bertz CT molecular complexity index is 1450. The van der Waals surface area contributed by atoms with Gasteiger partial charge >= 0.3 is 18.1 Å². The summed E-state index contributed by atoms with van der Waals surface area (Å²) >= 11 is 0.929. The van der Waals surface area contributed by atoms with Crippen LogP contribution < -0.4 is 9.47 Å². The number of esters is 2. The van der Waals surface area contributed by atoms with E-state index in [4.69, 9.17) is 23.7 Å². The number of ketones is 2. The first-order valence-electron chi connectivity index (χ1n) is 14.7. The average Bonchev–Trinajstić information content (AvgIpc) is 3.04. The van der Waals surface area contributed by atoms with Crippen molar-refractivity contribution in [3.8, 4) is 11.5 Å². The minimum absolute atomic E-state index is 0.0734. The number of halogens is 3. The van der Waals surface area contributed by atoms with Crippen molar-refractivity contribution < 1.29 is 56.0 Å². The lowest BCUT2D eigenvalue weighted by molar-refractivity contribution is -0.141. The lowest BCUT2D eigenvalue weighted by atomic mass is 9.92. The first kappa shape index (κ1) is 39.1. The Labute approximate surface area is 276 Å². The van der Waals surface area contributed by atoms with Crippen molar-refractivity contribution in [3.05, 3.63) is 70.8 Å². The Morgan fingerprint density at radius 3 is 2.13 bits per heavy atom. The van der Waals surface area contributed by atoms with Crippen molar-refractivity contribution in [1.82, 2.24) is 0 Å². The summed E-state index contributed by atoms with van der Waals surface area (Å²) in [6, 6.07) is 11.3. The molecule has 256 valence electrons. The van der Waals surface area contributed by atoms with Gasteiger partial charge < -0.3 is 23.7 Å². The second-order valence-electron chi connectivity index (χ2n) is 10.1. The van der Waals surface area contributed by atoms with E-state index in [9.17, 15) is 32.3 Å². The molecule has 13 heteroatoms. The van der Waals surface area contributed by atoms with Crippen molar-refractivity contribution in [1.29, 1.82) is 0 Å². The molecule has 0 aromatic heterocycles. The second kappa shape index (κ2) is 18.9. The molecule has 47 heavy (non-hydrogen) atoms. The number of benzene rings is 2. The Morgan fingerprint density at radius 2 is 1.57 bits per heavy atom. The number of carbonyl (C=O) groups is 4. The van der Waals surface area contributed by atoms with Crippen LogP contribution in [0.5, 0.6) is 11.5 Å². The monoisotopic (exact) mass is 680 g/mol. The molecule has 2 aromatic carbocycles. The van der Waals surface area contributed by atoms with Gasteiger partial charge in [0.2, 0.25) is 0 Å². The number of rotatable bonds is 18. The minimum atomic E-state index is -5.06. The summed E-state index contributed by atoms with van der Waals surface area (Å²) in [6.45, 7) is 3.71. The van der Waals surface area contributed by atoms with Crippen LogP contribution in [0.1, 0.15) is 38.3 Å². The predicted molar refractivity (Wildman–Crippen MR) is 172 cm³/mol. The Kier molecular flexibility index (Phi) is 15.7. The van der Waals surface area contributed by atoms with Gasteiger partial charge in [-0.2, -0.15) is 24.9 Å². The van der Waals surface area contributed by atoms with Crippen LogP contribution in [0.15, 0.2) is 59.7 Å². The summed E-state index contributed by atoms with van der Waals surface area (Å²) in [5.74, 6) is -4.05. The Morgan fingerprint density at radius 1 is 0.915 bits per heavy atom. The summed E-state index contributed by atoms with van der Waals surface area (Å²) in [4.78, 5) is 52.6. The molecule has 9 nitrogen and oxygen atoms in total. The van der Waals surface area contributed by atoms with Gasteiger partial charge in [0.05, 0.1) is 44.9 Å². The zero-order chi connectivity index (χ0) is 35.1. The molecule has 2 atom stereocenters. The molecular weight excluding hydrogens is 641 g/mol. The number of hydrogen-bond acceptors (Lipinski definition) is 10. The number of carbonyl (C=O) groups excluding carboxylic acids is 4. The molecule has 0 radical (unpaired) electrons. The number of ether oxygens (including phenoxy) is 5. The lowest BCUT2D eigenvalue weighted by Crippen LogP contribution is -2.34. The largest absolute Gasteiger partial charge is 0.493 e. The molecule has 0 aliphatic rings. The van der Waals surface area contributed by atoms with Gasteiger partial charge in [-0.05, 0) is 54.9 Å². The van der Waals surface area contributed by atoms with Crippen LogP contribution in [-0.2, 0) is 33.4 Å². The molecule has 2 aromatic rings. The lowest BCUT2D eigenvalue weighted by Gasteiger charge is -2.24. The molecule has 2 rings (SSSR count). The normalized spacial score (nSPS) is 13.6. The zero-order valence-corrected chi connectivity index (χ0v) is 27.9. The van der Waals surface area contributed by atoms with Crippen LogP contribution in [0.2, 0.25) is 0 Å². The molecule has 0 heterocycles. The van der Waals surface area contributed by atoms with Gasteiger partial charge in [-0.3, -0.25) is 9.59 Å². The van der Waals surface area contributed by atoms with Crippen molar-refractivity contribution >= 4 is 46.9 Å². The fourth-order valence-electron chi connectivity index (χ4n) is 4.46. The highest BCUT2D eigenvalue weighted by Gasteiger charge is 2.44. The molecule has 0 aliphatic heterocycles. The summed E-state index contributed by atoms with van der Waals surface area (Å²) in [7, 11) is 2.90. The van der Waals surface area contributed by atoms with Crippen LogP contribution in [0.4, 0.5) is 13.2 Å². The zero-order valence-electron chi connectivity index (χ0n) is 27.1. The highest BCUT2D eigenvalue weighted by molar-refractivity contribution is 8.00. The van der Waals surface area contributed by atoms with E-state index < -0.39 is 58.6 Å². The molecule has 0 saturated heterocycles. The first-order chi connectivity index (χ1) is 22.3. The molecule has 0 saturated carbocycles. The van der Waals surface area contributed by atoms with E-state index in [1.54, 1.807) is 25.1 Å². The van der Waals surface area contributed by atoms with Crippen LogP contribution in [-0.4, -0.2) is 81.8 Å². The van der Waals surface area contributed by atoms with Crippen LogP contribution in [0.25, 0.3) is 11.6 Å². The molecule has 0 bridgehead atoms. The van der Waals surface area contributed by atoms with Gasteiger partial charge in [0.15, 0.2) is 23.1 Å².